The Bertz CT molecular complexity index is 569. The third-order valence-electron chi connectivity index (χ3n) is 4.37. The number of nitrogens with one attached hydrogen (secondary N) is 1. The predicted molar refractivity (Wildman–Crippen MR) is 84.2 cm³/mol. The van der Waals surface area contributed by atoms with Gasteiger partial charge in [0.15, 0.2) is 0 Å². The van der Waals surface area contributed by atoms with Gasteiger partial charge in [0.25, 0.3) is 0 Å². The summed E-state index contributed by atoms with van der Waals surface area (Å²) in [5.41, 5.74) is 2.31. The Morgan fingerprint density at radius 1 is 1.30 bits per heavy atom. The van der Waals surface area contributed by atoms with Crippen LogP contribution in [-0.2, 0) is 7.05 Å². The summed E-state index contributed by atoms with van der Waals surface area (Å²) < 4.78 is 2.22. The van der Waals surface area contributed by atoms with Crippen LogP contribution in [0.3, 0.4) is 0 Å². The third-order valence-corrected chi connectivity index (χ3v) is 4.37. The Kier molecular flexibility index (Phi) is 3.92. The van der Waals surface area contributed by atoms with Crippen molar-refractivity contribution in [1.29, 1.82) is 0 Å². The summed E-state index contributed by atoms with van der Waals surface area (Å²) in [5.74, 6) is 1.89. The average Bonchev–Trinajstić information content (AvgIpc) is 2.83. The highest BCUT2D eigenvalue weighted by molar-refractivity contribution is 5.78. The van der Waals surface area contributed by atoms with Gasteiger partial charge in [-0.3, -0.25) is 0 Å². The number of piperidine rings is 1. The molecule has 0 saturated carbocycles. The quantitative estimate of drug-likeness (QED) is 0.928. The Balaban J connectivity index is 1.84. The Morgan fingerprint density at radius 3 is 2.75 bits per heavy atom. The zero-order valence-corrected chi connectivity index (χ0v) is 12.5. The molecule has 1 aliphatic heterocycles. The second-order valence-corrected chi connectivity index (χ2v) is 5.69. The summed E-state index contributed by atoms with van der Waals surface area (Å²) >= 11 is 0. The number of rotatable bonds is 4. The normalized spacial score (nSPS) is 16.7. The summed E-state index contributed by atoms with van der Waals surface area (Å²) in [6.07, 6.45) is 2.56. The van der Waals surface area contributed by atoms with E-state index in [0.29, 0.717) is 0 Å². The molecule has 1 N–H and O–H groups in total. The van der Waals surface area contributed by atoms with E-state index in [9.17, 15) is 0 Å². The molecule has 20 heavy (non-hydrogen) atoms. The lowest BCUT2D eigenvalue weighted by Gasteiger charge is -2.30. The van der Waals surface area contributed by atoms with Gasteiger partial charge < -0.3 is 14.8 Å². The molecular weight excluding hydrogens is 248 g/mol. The van der Waals surface area contributed by atoms with Crippen LogP contribution in [0.15, 0.2) is 24.3 Å². The first-order valence-corrected chi connectivity index (χ1v) is 7.66. The summed E-state index contributed by atoms with van der Waals surface area (Å²) in [4.78, 5) is 7.25. The highest BCUT2D eigenvalue weighted by Crippen LogP contribution is 2.23. The molecule has 0 bridgehead atoms. The number of benzene rings is 1. The van der Waals surface area contributed by atoms with Gasteiger partial charge in [0.1, 0.15) is 0 Å². The van der Waals surface area contributed by atoms with Crippen LogP contribution in [0.2, 0.25) is 0 Å². The molecule has 0 amide bonds. The Hall–Kier alpha value is -1.55. The SMILES string of the molecule is CCN(CC1CCNCC1)c1nc2ccccc2n1C. The number of aryl methyl sites for hydroxylation is 1. The van der Waals surface area contributed by atoms with E-state index in [2.05, 4.69) is 53.0 Å². The highest BCUT2D eigenvalue weighted by atomic mass is 15.3. The van der Waals surface area contributed by atoms with Gasteiger partial charge in [0, 0.05) is 20.1 Å². The van der Waals surface area contributed by atoms with Gasteiger partial charge in [-0.15, -0.1) is 0 Å². The lowest BCUT2D eigenvalue weighted by molar-refractivity contribution is 0.373. The first-order valence-electron chi connectivity index (χ1n) is 7.66. The number of anilines is 1. The minimum Gasteiger partial charge on any atom is -0.342 e. The van der Waals surface area contributed by atoms with Crippen molar-refractivity contribution in [3.63, 3.8) is 0 Å². The first kappa shape index (κ1) is 13.4. The van der Waals surface area contributed by atoms with E-state index in [1.807, 2.05) is 0 Å². The van der Waals surface area contributed by atoms with E-state index in [4.69, 9.17) is 4.98 Å². The number of nitrogens with zero attached hydrogens (tertiary/aromatic N) is 3. The number of hydrogen-bond acceptors (Lipinski definition) is 3. The minimum absolute atomic E-state index is 0.788. The fourth-order valence-corrected chi connectivity index (χ4v) is 3.14. The second kappa shape index (κ2) is 5.83. The van der Waals surface area contributed by atoms with Crippen LogP contribution < -0.4 is 10.2 Å². The monoisotopic (exact) mass is 272 g/mol. The molecular formula is C16H24N4. The largest absolute Gasteiger partial charge is 0.342 e. The van der Waals surface area contributed by atoms with Crippen molar-refractivity contribution in [1.82, 2.24) is 14.9 Å². The highest BCUT2D eigenvalue weighted by Gasteiger charge is 2.19. The van der Waals surface area contributed by atoms with Crippen LogP contribution in [-0.4, -0.2) is 35.7 Å². The fraction of sp³-hybridized carbons (Fsp3) is 0.562. The smallest absolute Gasteiger partial charge is 0.206 e. The van der Waals surface area contributed by atoms with Crippen molar-refractivity contribution in [2.45, 2.75) is 19.8 Å². The van der Waals surface area contributed by atoms with Crippen molar-refractivity contribution in [2.24, 2.45) is 13.0 Å². The first-order chi connectivity index (χ1) is 9.79. The minimum atomic E-state index is 0.788. The molecule has 0 unspecified atom stereocenters. The van der Waals surface area contributed by atoms with Gasteiger partial charge in [0.2, 0.25) is 5.95 Å². The zero-order chi connectivity index (χ0) is 13.9. The van der Waals surface area contributed by atoms with Crippen LogP contribution in [0, 0.1) is 5.92 Å². The van der Waals surface area contributed by atoms with Crippen molar-refractivity contribution in [3.8, 4) is 0 Å². The molecule has 2 heterocycles. The maximum absolute atomic E-state index is 4.82. The number of imidazole rings is 1. The summed E-state index contributed by atoms with van der Waals surface area (Å²) in [5, 5.41) is 3.44. The zero-order valence-electron chi connectivity index (χ0n) is 12.5. The second-order valence-electron chi connectivity index (χ2n) is 5.69. The maximum Gasteiger partial charge on any atom is 0.206 e. The molecule has 1 saturated heterocycles. The van der Waals surface area contributed by atoms with E-state index in [1.54, 1.807) is 0 Å². The van der Waals surface area contributed by atoms with Gasteiger partial charge in [-0.2, -0.15) is 0 Å². The van der Waals surface area contributed by atoms with Gasteiger partial charge in [0.05, 0.1) is 11.0 Å². The van der Waals surface area contributed by atoms with E-state index in [0.717, 1.165) is 43.6 Å². The standard InChI is InChI=1S/C16H24N4/c1-3-20(12-13-8-10-17-11-9-13)16-18-14-6-4-5-7-15(14)19(16)2/h4-7,13,17H,3,8-12H2,1-2H3. The summed E-state index contributed by atoms with van der Waals surface area (Å²) in [7, 11) is 2.12. The van der Waals surface area contributed by atoms with Crippen LogP contribution >= 0.6 is 0 Å². The van der Waals surface area contributed by atoms with Crippen molar-refractivity contribution in [3.05, 3.63) is 24.3 Å². The molecule has 1 fully saturated rings. The molecule has 0 atom stereocenters. The Labute approximate surface area is 120 Å². The van der Waals surface area contributed by atoms with Crippen LogP contribution in [0.1, 0.15) is 19.8 Å². The number of hydrogen-bond donors (Lipinski definition) is 1. The summed E-state index contributed by atoms with van der Waals surface area (Å²) in [6.45, 7) is 6.67. The van der Waals surface area contributed by atoms with E-state index < -0.39 is 0 Å². The molecule has 1 aromatic heterocycles. The summed E-state index contributed by atoms with van der Waals surface area (Å²) in [6, 6.07) is 8.38. The van der Waals surface area contributed by atoms with E-state index >= 15 is 0 Å². The van der Waals surface area contributed by atoms with Crippen molar-refractivity contribution in [2.75, 3.05) is 31.1 Å². The van der Waals surface area contributed by atoms with E-state index in [1.165, 1.54) is 18.4 Å². The number of aromatic nitrogens is 2. The number of fused-ring (bicyclic) bond motifs is 1. The van der Waals surface area contributed by atoms with Gasteiger partial charge in [-0.25, -0.2) is 4.98 Å². The topological polar surface area (TPSA) is 33.1 Å². The average molecular weight is 272 g/mol. The van der Waals surface area contributed by atoms with Crippen molar-refractivity contribution >= 4 is 17.0 Å². The van der Waals surface area contributed by atoms with Gasteiger partial charge in [-0.05, 0) is 50.9 Å². The molecule has 1 aliphatic rings. The van der Waals surface area contributed by atoms with Gasteiger partial charge in [-0.1, -0.05) is 12.1 Å². The third kappa shape index (κ3) is 2.52. The molecule has 4 nitrogen and oxygen atoms in total. The molecule has 1 aromatic carbocycles. The van der Waals surface area contributed by atoms with Crippen LogP contribution in [0.4, 0.5) is 5.95 Å². The van der Waals surface area contributed by atoms with Crippen LogP contribution in [0.25, 0.3) is 11.0 Å². The molecule has 0 radical (unpaired) electrons. The molecule has 2 aromatic rings. The van der Waals surface area contributed by atoms with Crippen molar-refractivity contribution < 1.29 is 0 Å². The predicted octanol–water partition coefficient (Wildman–Crippen LogP) is 2.40. The number of para-hydroxylation sites is 2. The van der Waals surface area contributed by atoms with Gasteiger partial charge >= 0.3 is 0 Å². The molecule has 0 spiro atoms. The molecule has 0 aliphatic carbocycles. The van der Waals surface area contributed by atoms with E-state index in [-0.39, 0.29) is 0 Å². The maximum atomic E-state index is 4.82. The lowest BCUT2D eigenvalue weighted by atomic mass is 9.98. The lowest BCUT2D eigenvalue weighted by Crippen LogP contribution is -2.37. The fourth-order valence-electron chi connectivity index (χ4n) is 3.14. The molecule has 4 heteroatoms. The molecule has 3 rings (SSSR count). The van der Waals surface area contributed by atoms with Crippen LogP contribution in [0.5, 0.6) is 0 Å². The molecule has 108 valence electrons. The Morgan fingerprint density at radius 2 is 2.05 bits per heavy atom.